The molecule has 0 aromatic carbocycles. The van der Waals surface area contributed by atoms with Gasteiger partial charge in [0, 0.05) is 12.3 Å². The van der Waals surface area contributed by atoms with E-state index in [1.807, 2.05) is 0 Å². The van der Waals surface area contributed by atoms with Gasteiger partial charge in [-0.3, -0.25) is 9.59 Å². The molecule has 2 atom stereocenters. The van der Waals surface area contributed by atoms with E-state index in [2.05, 4.69) is 42.0 Å². The largest absolute Gasteiger partial charge is 0.469 e. The topological polar surface area (TPSA) is 43.4 Å². The minimum absolute atomic E-state index is 0.0853. The summed E-state index contributed by atoms with van der Waals surface area (Å²) >= 11 is 0. The summed E-state index contributed by atoms with van der Waals surface area (Å²) in [6.45, 7) is 2.21. The van der Waals surface area contributed by atoms with Gasteiger partial charge in [0.05, 0.1) is 7.11 Å². The average molecular weight is 332 g/mol. The summed E-state index contributed by atoms with van der Waals surface area (Å²) in [6.07, 6.45) is 21.2. The summed E-state index contributed by atoms with van der Waals surface area (Å²) in [6, 6.07) is 0. The first-order valence-corrected chi connectivity index (χ1v) is 9.27. The lowest BCUT2D eigenvalue weighted by molar-refractivity contribution is -0.140. The fraction of sp³-hybridized carbons (Fsp3) is 0.619. The van der Waals surface area contributed by atoms with Crippen molar-refractivity contribution < 1.29 is 14.3 Å². The third-order valence-corrected chi connectivity index (χ3v) is 4.48. The van der Waals surface area contributed by atoms with E-state index in [1.165, 1.54) is 26.4 Å². The summed E-state index contributed by atoms with van der Waals surface area (Å²) in [5.74, 6) is 0.504. The van der Waals surface area contributed by atoms with Gasteiger partial charge in [-0.25, -0.2) is 0 Å². The highest BCUT2D eigenvalue weighted by Crippen LogP contribution is 2.29. The molecule has 1 rings (SSSR count). The van der Waals surface area contributed by atoms with E-state index in [-0.39, 0.29) is 17.7 Å². The van der Waals surface area contributed by atoms with E-state index in [4.69, 9.17) is 0 Å². The molecule has 0 saturated carbocycles. The number of hydrogen-bond acceptors (Lipinski definition) is 3. The standard InChI is InChI=1S/C21H32O3/c1-3-4-5-6-7-10-13-18-16-17-20(22)19(18)14-11-8-9-12-15-21(23)24-2/h7-8,10-11,16-19H,3-6,9,12-15H2,1-2H3/b10-7-,11-8-/t18-,19-/m1/s1. The maximum absolute atomic E-state index is 12.0. The molecular weight excluding hydrogens is 300 g/mol. The van der Waals surface area contributed by atoms with Crippen molar-refractivity contribution in [3.05, 3.63) is 36.5 Å². The number of esters is 1. The van der Waals surface area contributed by atoms with E-state index < -0.39 is 0 Å². The van der Waals surface area contributed by atoms with Gasteiger partial charge in [-0.1, -0.05) is 50.1 Å². The van der Waals surface area contributed by atoms with Gasteiger partial charge in [-0.15, -0.1) is 0 Å². The molecule has 0 spiro atoms. The lowest BCUT2D eigenvalue weighted by Crippen LogP contribution is -2.14. The lowest BCUT2D eigenvalue weighted by Gasteiger charge is -2.14. The van der Waals surface area contributed by atoms with E-state index in [9.17, 15) is 9.59 Å². The number of allylic oxidation sites excluding steroid dienone is 6. The summed E-state index contributed by atoms with van der Waals surface area (Å²) in [5.41, 5.74) is 0. The lowest BCUT2D eigenvalue weighted by atomic mass is 9.88. The summed E-state index contributed by atoms with van der Waals surface area (Å²) in [7, 11) is 1.41. The number of ketones is 1. The van der Waals surface area contributed by atoms with Crippen LogP contribution in [0.5, 0.6) is 0 Å². The van der Waals surface area contributed by atoms with Crippen LogP contribution >= 0.6 is 0 Å². The van der Waals surface area contributed by atoms with Crippen LogP contribution < -0.4 is 0 Å². The average Bonchev–Trinajstić information content (AvgIpc) is 2.94. The molecule has 3 heteroatoms. The minimum Gasteiger partial charge on any atom is -0.469 e. The van der Waals surface area contributed by atoms with Gasteiger partial charge in [-0.05, 0) is 50.5 Å². The monoisotopic (exact) mass is 332 g/mol. The molecule has 0 bridgehead atoms. The molecule has 24 heavy (non-hydrogen) atoms. The molecule has 0 aromatic heterocycles. The maximum atomic E-state index is 12.0. The number of carbonyl (C=O) groups is 2. The Hall–Kier alpha value is -1.64. The SMILES string of the molecule is CCCCC/C=C\C[C@@H]1C=CC(=O)[C@@H]1C/C=C\CCCC(=O)OC. The predicted molar refractivity (Wildman–Crippen MR) is 98.7 cm³/mol. The Morgan fingerprint density at radius 2 is 1.79 bits per heavy atom. The van der Waals surface area contributed by atoms with Crippen LogP contribution in [0.3, 0.4) is 0 Å². The molecule has 0 radical (unpaired) electrons. The molecular formula is C21H32O3. The highest BCUT2D eigenvalue weighted by Gasteiger charge is 2.27. The first-order valence-electron chi connectivity index (χ1n) is 9.27. The Bertz CT molecular complexity index is 460. The highest BCUT2D eigenvalue weighted by molar-refractivity contribution is 5.94. The highest BCUT2D eigenvalue weighted by atomic mass is 16.5. The molecule has 0 fully saturated rings. The molecule has 0 aliphatic heterocycles. The zero-order valence-electron chi connectivity index (χ0n) is 15.2. The van der Waals surface area contributed by atoms with Gasteiger partial charge < -0.3 is 4.74 Å². The van der Waals surface area contributed by atoms with Crippen molar-refractivity contribution in [2.24, 2.45) is 11.8 Å². The molecule has 0 amide bonds. The van der Waals surface area contributed by atoms with Gasteiger partial charge in [0.15, 0.2) is 5.78 Å². The molecule has 0 aromatic rings. The van der Waals surface area contributed by atoms with Gasteiger partial charge >= 0.3 is 5.97 Å². The van der Waals surface area contributed by atoms with Crippen molar-refractivity contribution in [2.45, 2.75) is 64.7 Å². The second-order valence-electron chi connectivity index (χ2n) is 6.41. The van der Waals surface area contributed by atoms with Crippen LogP contribution in [0.15, 0.2) is 36.5 Å². The third-order valence-electron chi connectivity index (χ3n) is 4.48. The second-order valence-corrected chi connectivity index (χ2v) is 6.41. The van der Waals surface area contributed by atoms with Crippen LogP contribution in [0.25, 0.3) is 0 Å². The zero-order chi connectivity index (χ0) is 17.6. The van der Waals surface area contributed by atoms with Gasteiger partial charge in [0.1, 0.15) is 0 Å². The number of ether oxygens (including phenoxy) is 1. The fourth-order valence-electron chi connectivity index (χ4n) is 2.93. The van der Waals surface area contributed by atoms with Crippen molar-refractivity contribution in [2.75, 3.05) is 7.11 Å². The Morgan fingerprint density at radius 1 is 1.08 bits per heavy atom. The van der Waals surface area contributed by atoms with Gasteiger partial charge in [0.2, 0.25) is 0 Å². The molecule has 0 N–H and O–H groups in total. The van der Waals surface area contributed by atoms with Crippen LogP contribution in [-0.2, 0) is 14.3 Å². The Balaban J connectivity index is 2.26. The molecule has 1 aliphatic carbocycles. The van der Waals surface area contributed by atoms with Crippen LogP contribution in [0.2, 0.25) is 0 Å². The number of rotatable bonds is 12. The first kappa shape index (κ1) is 20.4. The molecule has 134 valence electrons. The Labute approximate surface area is 146 Å². The Kier molecular flexibility index (Phi) is 10.8. The van der Waals surface area contributed by atoms with E-state index >= 15 is 0 Å². The van der Waals surface area contributed by atoms with Crippen LogP contribution in [-0.4, -0.2) is 18.9 Å². The first-order chi connectivity index (χ1) is 11.7. The molecule has 3 nitrogen and oxygen atoms in total. The minimum atomic E-state index is -0.163. The van der Waals surface area contributed by atoms with E-state index in [0.717, 1.165) is 32.1 Å². The van der Waals surface area contributed by atoms with Gasteiger partial charge in [0.25, 0.3) is 0 Å². The van der Waals surface area contributed by atoms with Crippen LogP contribution in [0.1, 0.15) is 64.7 Å². The van der Waals surface area contributed by atoms with Crippen molar-refractivity contribution in [1.29, 1.82) is 0 Å². The van der Waals surface area contributed by atoms with E-state index in [1.54, 1.807) is 6.08 Å². The molecule has 0 unspecified atom stereocenters. The third kappa shape index (κ3) is 8.28. The quantitative estimate of drug-likeness (QED) is 0.281. The fourth-order valence-corrected chi connectivity index (χ4v) is 2.93. The number of hydrogen-bond donors (Lipinski definition) is 0. The van der Waals surface area contributed by atoms with Crippen molar-refractivity contribution in [3.63, 3.8) is 0 Å². The van der Waals surface area contributed by atoms with Crippen LogP contribution in [0.4, 0.5) is 0 Å². The number of methoxy groups -OCH3 is 1. The molecule has 1 aliphatic rings. The van der Waals surface area contributed by atoms with Gasteiger partial charge in [-0.2, -0.15) is 0 Å². The maximum Gasteiger partial charge on any atom is 0.305 e. The smallest absolute Gasteiger partial charge is 0.305 e. The zero-order valence-corrected chi connectivity index (χ0v) is 15.2. The van der Waals surface area contributed by atoms with Crippen molar-refractivity contribution in [3.8, 4) is 0 Å². The normalized spacial score (nSPS) is 20.5. The number of unbranched alkanes of at least 4 members (excludes halogenated alkanes) is 4. The van der Waals surface area contributed by atoms with Crippen molar-refractivity contribution in [1.82, 2.24) is 0 Å². The summed E-state index contributed by atoms with van der Waals surface area (Å²) in [5, 5.41) is 0. The second kappa shape index (κ2) is 12.7. The predicted octanol–water partition coefficient (Wildman–Crippen LogP) is 5.17. The number of carbonyl (C=O) groups excluding carboxylic acids is 2. The summed E-state index contributed by atoms with van der Waals surface area (Å²) < 4.78 is 4.61. The summed E-state index contributed by atoms with van der Waals surface area (Å²) in [4.78, 5) is 23.0. The Morgan fingerprint density at radius 3 is 2.50 bits per heavy atom. The van der Waals surface area contributed by atoms with E-state index in [0.29, 0.717) is 12.3 Å². The molecule has 0 heterocycles. The van der Waals surface area contributed by atoms with Crippen LogP contribution in [0, 0.1) is 11.8 Å². The molecule has 0 saturated heterocycles. The van der Waals surface area contributed by atoms with Crippen molar-refractivity contribution >= 4 is 11.8 Å².